The topological polar surface area (TPSA) is 29.3 Å². The summed E-state index contributed by atoms with van der Waals surface area (Å²) in [6.45, 7) is 6.49. The monoisotopic (exact) mass is 246 g/mol. The van der Waals surface area contributed by atoms with Gasteiger partial charge in [0, 0.05) is 18.3 Å². The summed E-state index contributed by atoms with van der Waals surface area (Å²) in [5.74, 6) is 0. The molecule has 0 saturated carbocycles. The van der Waals surface area contributed by atoms with E-state index in [4.69, 9.17) is 5.73 Å². The van der Waals surface area contributed by atoms with Crippen molar-refractivity contribution in [3.8, 4) is 0 Å². The van der Waals surface area contributed by atoms with E-state index in [0.29, 0.717) is 0 Å². The van der Waals surface area contributed by atoms with Crippen LogP contribution in [0.15, 0.2) is 18.2 Å². The SMILES string of the molecule is CCC1CCCCN1c1ccc(CCN)cc1C. The van der Waals surface area contributed by atoms with Crippen molar-refractivity contribution in [3.63, 3.8) is 0 Å². The number of anilines is 1. The lowest BCUT2D eigenvalue weighted by atomic mass is 9.97. The molecular weight excluding hydrogens is 220 g/mol. The minimum atomic E-state index is 0.734. The van der Waals surface area contributed by atoms with Crippen molar-refractivity contribution in [1.82, 2.24) is 0 Å². The fourth-order valence-electron chi connectivity index (χ4n) is 3.10. The molecule has 1 saturated heterocycles. The highest BCUT2D eigenvalue weighted by atomic mass is 15.2. The molecule has 0 aromatic heterocycles. The summed E-state index contributed by atoms with van der Waals surface area (Å²) < 4.78 is 0. The summed E-state index contributed by atoms with van der Waals surface area (Å²) in [6.07, 6.45) is 6.31. The van der Waals surface area contributed by atoms with Crippen molar-refractivity contribution < 1.29 is 0 Å². The summed E-state index contributed by atoms with van der Waals surface area (Å²) in [5.41, 5.74) is 9.83. The molecule has 0 radical (unpaired) electrons. The van der Waals surface area contributed by atoms with Crippen LogP contribution >= 0.6 is 0 Å². The third-order valence-electron chi connectivity index (χ3n) is 4.10. The van der Waals surface area contributed by atoms with E-state index in [1.165, 1.54) is 49.0 Å². The normalized spacial score (nSPS) is 20.2. The van der Waals surface area contributed by atoms with Crippen LogP contribution in [0.2, 0.25) is 0 Å². The fourth-order valence-corrected chi connectivity index (χ4v) is 3.10. The van der Waals surface area contributed by atoms with Gasteiger partial charge in [0.2, 0.25) is 0 Å². The zero-order chi connectivity index (χ0) is 13.0. The van der Waals surface area contributed by atoms with E-state index >= 15 is 0 Å². The number of nitrogens with two attached hydrogens (primary N) is 1. The van der Waals surface area contributed by atoms with E-state index < -0.39 is 0 Å². The zero-order valence-corrected chi connectivity index (χ0v) is 11.8. The van der Waals surface area contributed by atoms with Gasteiger partial charge in [0.05, 0.1) is 0 Å². The highest BCUT2D eigenvalue weighted by molar-refractivity contribution is 5.55. The fraction of sp³-hybridized carbons (Fsp3) is 0.625. The quantitative estimate of drug-likeness (QED) is 0.883. The van der Waals surface area contributed by atoms with Gasteiger partial charge in [-0.1, -0.05) is 19.1 Å². The Hall–Kier alpha value is -1.02. The summed E-state index contributed by atoms with van der Waals surface area (Å²) >= 11 is 0. The number of hydrogen-bond donors (Lipinski definition) is 1. The van der Waals surface area contributed by atoms with Crippen LogP contribution in [-0.4, -0.2) is 19.1 Å². The smallest absolute Gasteiger partial charge is 0.0398 e. The molecule has 1 unspecified atom stereocenters. The number of rotatable bonds is 4. The van der Waals surface area contributed by atoms with Crippen molar-refractivity contribution in [3.05, 3.63) is 29.3 Å². The van der Waals surface area contributed by atoms with Gasteiger partial charge in [0.15, 0.2) is 0 Å². The molecule has 2 rings (SSSR count). The Morgan fingerprint density at radius 1 is 1.33 bits per heavy atom. The summed E-state index contributed by atoms with van der Waals surface area (Å²) in [4.78, 5) is 2.62. The van der Waals surface area contributed by atoms with Gasteiger partial charge in [-0.25, -0.2) is 0 Å². The molecule has 1 heterocycles. The molecule has 2 nitrogen and oxygen atoms in total. The van der Waals surface area contributed by atoms with E-state index in [-0.39, 0.29) is 0 Å². The lowest BCUT2D eigenvalue weighted by Crippen LogP contribution is -2.39. The summed E-state index contributed by atoms with van der Waals surface area (Å²) in [5, 5.41) is 0. The van der Waals surface area contributed by atoms with Gasteiger partial charge < -0.3 is 10.6 Å². The van der Waals surface area contributed by atoms with Gasteiger partial charge >= 0.3 is 0 Å². The standard InChI is InChI=1S/C16H26N2/c1-3-15-6-4-5-11-18(15)16-8-7-14(9-10-17)12-13(16)2/h7-8,12,15H,3-6,9-11,17H2,1-2H3. The van der Waals surface area contributed by atoms with E-state index in [1.807, 2.05) is 0 Å². The number of aryl methyl sites for hydroxylation is 1. The first-order valence-corrected chi connectivity index (χ1v) is 7.32. The minimum absolute atomic E-state index is 0.734. The Balaban J connectivity index is 2.21. The third-order valence-corrected chi connectivity index (χ3v) is 4.10. The van der Waals surface area contributed by atoms with E-state index in [9.17, 15) is 0 Å². The Morgan fingerprint density at radius 2 is 2.17 bits per heavy atom. The molecule has 2 N–H and O–H groups in total. The molecule has 0 spiro atoms. The summed E-state index contributed by atoms with van der Waals surface area (Å²) in [6, 6.07) is 7.59. The Morgan fingerprint density at radius 3 is 2.83 bits per heavy atom. The van der Waals surface area contributed by atoms with Crippen LogP contribution in [0, 0.1) is 6.92 Å². The van der Waals surface area contributed by atoms with Gasteiger partial charge in [0.1, 0.15) is 0 Å². The second kappa shape index (κ2) is 6.24. The Labute approximate surface area is 111 Å². The molecule has 1 fully saturated rings. The molecule has 1 aliphatic heterocycles. The van der Waals surface area contributed by atoms with Crippen LogP contribution in [0.1, 0.15) is 43.7 Å². The molecule has 0 aliphatic carbocycles. The molecule has 0 amide bonds. The molecule has 1 atom stereocenters. The molecule has 1 aromatic carbocycles. The van der Waals surface area contributed by atoms with Gasteiger partial charge in [-0.2, -0.15) is 0 Å². The van der Waals surface area contributed by atoms with Crippen LogP contribution < -0.4 is 10.6 Å². The van der Waals surface area contributed by atoms with Crippen LogP contribution in [0.5, 0.6) is 0 Å². The van der Waals surface area contributed by atoms with Crippen molar-refractivity contribution in [2.24, 2.45) is 5.73 Å². The van der Waals surface area contributed by atoms with Crippen LogP contribution in [-0.2, 0) is 6.42 Å². The van der Waals surface area contributed by atoms with Gasteiger partial charge in [-0.3, -0.25) is 0 Å². The maximum absolute atomic E-state index is 5.62. The lowest BCUT2D eigenvalue weighted by Gasteiger charge is -2.38. The van der Waals surface area contributed by atoms with Crippen molar-refractivity contribution in [2.45, 2.75) is 52.0 Å². The largest absolute Gasteiger partial charge is 0.368 e. The zero-order valence-electron chi connectivity index (χ0n) is 11.8. The van der Waals surface area contributed by atoms with Crippen molar-refractivity contribution >= 4 is 5.69 Å². The lowest BCUT2D eigenvalue weighted by molar-refractivity contribution is 0.449. The van der Waals surface area contributed by atoms with Gasteiger partial charge in [-0.15, -0.1) is 0 Å². The number of nitrogens with zero attached hydrogens (tertiary/aromatic N) is 1. The first-order chi connectivity index (χ1) is 8.76. The second-order valence-corrected chi connectivity index (χ2v) is 5.41. The van der Waals surface area contributed by atoms with Crippen molar-refractivity contribution in [2.75, 3.05) is 18.0 Å². The molecule has 100 valence electrons. The molecule has 0 bridgehead atoms. The molecule has 1 aliphatic rings. The van der Waals surface area contributed by atoms with E-state index in [1.54, 1.807) is 0 Å². The van der Waals surface area contributed by atoms with Crippen LogP contribution in [0.25, 0.3) is 0 Å². The predicted octanol–water partition coefficient (Wildman–Crippen LogP) is 3.27. The first-order valence-electron chi connectivity index (χ1n) is 7.32. The van der Waals surface area contributed by atoms with Crippen LogP contribution in [0.3, 0.4) is 0 Å². The number of hydrogen-bond acceptors (Lipinski definition) is 2. The highest BCUT2D eigenvalue weighted by Crippen LogP contribution is 2.29. The molecule has 1 aromatic rings. The maximum Gasteiger partial charge on any atom is 0.0398 e. The summed E-state index contributed by atoms with van der Waals surface area (Å²) in [7, 11) is 0. The maximum atomic E-state index is 5.62. The predicted molar refractivity (Wildman–Crippen MR) is 79.2 cm³/mol. The van der Waals surface area contributed by atoms with E-state index in [0.717, 1.165) is 19.0 Å². The number of benzene rings is 1. The Bertz CT molecular complexity index is 387. The third kappa shape index (κ3) is 2.86. The Kier molecular flexibility index (Phi) is 4.65. The number of piperidine rings is 1. The molecule has 18 heavy (non-hydrogen) atoms. The highest BCUT2D eigenvalue weighted by Gasteiger charge is 2.22. The molecular formula is C16H26N2. The average molecular weight is 246 g/mol. The van der Waals surface area contributed by atoms with Crippen molar-refractivity contribution in [1.29, 1.82) is 0 Å². The van der Waals surface area contributed by atoms with Gasteiger partial charge in [0.25, 0.3) is 0 Å². The average Bonchev–Trinajstić information content (AvgIpc) is 2.39. The van der Waals surface area contributed by atoms with Crippen LogP contribution in [0.4, 0.5) is 5.69 Å². The molecule has 2 heteroatoms. The first kappa shape index (κ1) is 13.4. The van der Waals surface area contributed by atoms with E-state index in [2.05, 4.69) is 36.9 Å². The second-order valence-electron chi connectivity index (χ2n) is 5.41. The minimum Gasteiger partial charge on any atom is -0.368 e. The van der Waals surface area contributed by atoms with Gasteiger partial charge in [-0.05, 0) is 62.8 Å².